The van der Waals surface area contributed by atoms with Crippen LogP contribution in [0.3, 0.4) is 0 Å². The third-order valence-electron chi connectivity index (χ3n) is 1.37. The maximum absolute atomic E-state index is 10.3. The highest BCUT2D eigenvalue weighted by Crippen LogP contribution is 2.04. The highest BCUT2D eigenvalue weighted by atomic mass is 16.1. The molecule has 0 unspecified atom stereocenters. The molecule has 50 valence electrons. The molecule has 0 heterocycles. The molecular weight excluding hydrogens is 125 g/mol. The lowest BCUT2D eigenvalue weighted by Crippen LogP contribution is -2.04. The van der Waals surface area contributed by atoms with Gasteiger partial charge in [-0.25, -0.2) is 0 Å². The van der Waals surface area contributed by atoms with E-state index in [1.807, 2.05) is 13.9 Å². The molecule has 0 amide bonds. The number of carbonyl (C=O) groups is 1. The fourth-order valence-electron chi connectivity index (χ4n) is 0.796. The van der Waals surface area contributed by atoms with Crippen LogP contribution < -0.4 is 11.2 Å². The monoisotopic (exact) mass is 133 g/mol. The van der Waals surface area contributed by atoms with Crippen molar-refractivity contribution in [1.82, 2.24) is 0 Å². The molecule has 0 saturated carbocycles. The number of nitrogens with two attached hydrogens (primary N) is 1. The summed E-state index contributed by atoms with van der Waals surface area (Å²) in [5, 5.41) is 0. The normalized spacial score (nSPS) is 9.20. The summed E-state index contributed by atoms with van der Waals surface area (Å²) in [6.45, 7) is 0. The molecule has 0 aromatic heterocycles. The highest BCUT2D eigenvalue weighted by molar-refractivity contribution is 6.32. The first-order chi connectivity index (χ1) is 4.74. The summed E-state index contributed by atoms with van der Waals surface area (Å²) in [7, 11) is 1.92. The van der Waals surface area contributed by atoms with Crippen LogP contribution in [0.1, 0.15) is 10.4 Å². The zero-order chi connectivity index (χ0) is 7.56. The molecule has 2 nitrogen and oxygen atoms in total. The molecule has 10 heavy (non-hydrogen) atoms. The van der Waals surface area contributed by atoms with Gasteiger partial charge in [0.2, 0.25) is 0 Å². The maximum Gasteiger partial charge on any atom is 0.152 e. The first kappa shape index (κ1) is 6.87. The minimum absolute atomic E-state index is 0.542. The number of benzene rings is 1. The molecule has 0 saturated heterocycles. The Hall–Kier alpha value is -1.25. The fraction of sp³-hybridized carbons (Fsp3) is 0. The van der Waals surface area contributed by atoms with E-state index >= 15 is 0 Å². The smallest absolute Gasteiger partial charge is 0.152 e. The Morgan fingerprint density at radius 3 is 2.70 bits per heavy atom. The van der Waals surface area contributed by atoms with Crippen LogP contribution in [0.4, 0.5) is 5.69 Å². The van der Waals surface area contributed by atoms with Crippen molar-refractivity contribution in [2.45, 2.75) is 0 Å². The van der Waals surface area contributed by atoms with Crippen molar-refractivity contribution in [2.75, 3.05) is 5.73 Å². The zero-order valence-corrected chi connectivity index (χ0v) is 5.79. The van der Waals surface area contributed by atoms with Crippen molar-refractivity contribution >= 4 is 25.3 Å². The Labute approximate surface area is 60.4 Å². The van der Waals surface area contributed by atoms with E-state index in [1.165, 1.54) is 0 Å². The van der Waals surface area contributed by atoms with E-state index in [-0.39, 0.29) is 0 Å². The molecule has 0 fully saturated rings. The van der Waals surface area contributed by atoms with Crippen molar-refractivity contribution in [3.63, 3.8) is 0 Å². The summed E-state index contributed by atoms with van der Waals surface area (Å²) in [5.41, 5.74) is 7.63. The van der Waals surface area contributed by atoms with E-state index in [9.17, 15) is 4.79 Å². The van der Waals surface area contributed by atoms with Gasteiger partial charge in [-0.3, -0.25) is 4.79 Å². The van der Waals surface area contributed by atoms with E-state index in [2.05, 4.69) is 0 Å². The Kier molecular flexibility index (Phi) is 1.76. The Morgan fingerprint density at radius 2 is 2.20 bits per heavy atom. The first-order valence-electron chi connectivity index (χ1n) is 3.05. The largest absolute Gasteiger partial charge is 0.398 e. The fourth-order valence-corrected chi connectivity index (χ4v) is 0.796. The molecule has 0 spiro atoms. The predicted molar refractivity (Wildman–Crippen MR) is 44.4 cm³/mol. The van der Waals surface area contributed by atoms with Gasteiger partial charge in [0.25, 0.3) is 0 Å². The molecule has 3 heteroatoms. The van der Waals surface area contributed by atoms with Crippen molar-refractivity contribution in [2.24, 2.45) is 0 Å². The van der Waals surface area contributed by atoms with Crippen LogP contribution in [0.2, 0.25) is 0 Å². The van der Waals surface area contributed by atoms with Crippen molar-refractivity contribution < 1.29 is 4.79 Å². The second-order valence-corrected chi connectivity index (χ2v) is 2.25. The van der Waals surface area contributed by atoms with E-state index in [0.717, 1.165) is 11.7 Å². The van der Waals surface area contributed by atoms with E-state index in [1.54, 1.807) is 12.1 Å². The molecule has 0 radical (unpaired) electrons. The minimum Gasteiger partial charge on any atom is -0.398 e. The summed E-state index contributed by atoms with van der Waals surface area (Å²) >= 11 is 0. The average molecular weight is 133 g/mol. The Bertz CT molecular complexity index is 260. The number of aldehydes is 1. The average Bonchev–Trinajstić information content (AvgIpc) is 1.94. The third kappa shape index (κ3) is 1.18. The van der Waals surface area contributed by atoms with Gasteiger partial charge in [0.1, 0.15) is 7.85 Å². The summed E-state index contributed by atoms with van der Waals surface area (Å²) < 4.78 is 0. The highest BCUT2D eigenvalue weighted by Gasteiger charge is 1.94. The van der Waals surface area contributed by atoms with Crippen LogP contribution in [0.15, 0.2) is 18.2 Å². The molecule has 0 aliphatic heterocycles. The molecule has 0 bridgehead atoms. The molecular formula is C7H8BNO. The number of anilines is 1. The number of hydrogen-bond donors (Lipinski definition) is 1. The lowest BCUT2D eigenvalue weighted by atomic mass is 9.94. The number of hydrogen-bond acceptors (Lipinski definition) is 2. The molecule has 0 aliphatic carbocycles. The van der Waals surface area contributed by atoms with Gasteiger partial charge in [0.15, 0.2) is 6.29 Å². The third-order valence-corrected chi connectivity index (χ3v) is 1.37. The van der Waals surface area contributed by atoms with Crippen molar-refractivity contribution in [1.29, 1.82) is 0 Å². The second kappa shape index (κ2) is 2.56. The standard InChI is InChI=1S/C7H8BNO/c8-6-1-2-7(9)5(3-6)4-10/h1-4H,8-9H2. The summed E-state index contributed by atoms with van der Waals surface area (Å²) in [6.07, 6.45) is 0.766. The quantitative estimate of drug-likeness (QED) is 0.314. The maximum atomic E-state index is 10.3. The summed E-state index contributed by atoms with van der Waals surface area (Å²) in [6, 6.07) is 5.38. The molecule has 1 aromatic carbocycles. The Morgan fingerprint density at radius 1 is 1.50 bits per heavy atom. The van der Waals surface area contributed by atoms with Gasteiger partial charge in [0.05, 0.1) is 0 Å². The van der Waals surface area contributed by atoms with Gasteiger partial charge in [-0.15, -0.1) is 0 Å². The number of rotatable bonds is 1. The van der Waals surface area contributed by atoms with E-state index in [0.29, 0.717) is 11.3 Å². The van der Waals surface area contributed by atoms with Gasteiger partial charge in [-0.05, 0) is 6.07 Å². The van der Waals surface area contributed by atoms with Crippen LogP contribution in [0.5, 0.6) is 0 Å². The molecule has 1 rings (SSSR count). The van der Waals surface area contributed by atoms with Gasteiger partial charge < -0.3 is 5.73 Å². The van der Waals surface area contributed by atoms with E-state index in [4.69, 9.17) is 5.73 Å². The minimum atomic E-state index is 0.542. The lowest BCUT2D eigenvalue weighted by Gasteiger charge is -1.97. The number of nitrogen functional groups attached to an aromatic ring is 1. The molecule has 2 N–H and O–H groups in total. The zero-order valence-electron chi connectivity index (χ0n) is 5.79. The van der Waals surface area contributed by atoms with Gasteiger partial charge in [-0.2, -0.15) is 0 Å². The first-order valence-corrected chi connectivity index (χ1v) is 3.05. The van der Waals surface area contributed by atoms with Gasteiger partial charge in [-0.1, -0.05) is 17.6 Å². The summed E-state index contributed by atoms with van der Waals surface area (Å²) in [5.74, 6) is 0. The lowest BCUT2D eigenvalue weighted by molar-refractivity contribution is 0.112. The van der Waals surface area contributed by atoms with Crippen LogP contribution in [-0.2, 0) is 0 Å². The molecule has 1 aromatic rings. The molecule has 0 aliphatic rings. The predicted octanol–water partition coefficient (Wildman–Crippen LogP) is -0.660. The summed E-state index contributed by atoms with van der Waals surface area (Å²) in [4.78, 5) is 10.3. The van der Waals surface area contributed by atoms with Crippen LogP contribution in [0, 0.1) is 0 Å². The second-order valence-electron chi connectivity index (χ2n) is 2.25. The number of carbonyl (C=O) groups excluding carboxylic acids is 1. The Balaban J connectivity index is 3.21. The topological polar surface area (TPSA) is 43.1 Å². The van der Waals surface area contributed by atoms with Gasteiger partial charge in [0, 0.05) is 11.3 Å². The van der Waals surface area contributed by atoms with Crippen molar-refractivity contribution in [3.8, 4) is 0 Å². The van der Waals surface area contributed by atoms with Gasteiger partial charge >= 0.3 is 0 Å². The van der Waals surface area contributed by atoms with Crippen LogP contribution >= 0.6 is 0 Å². The van der Waals surface area contributed by atoms with Crippen molar-refractivity contribution in [3.05, 3.63) is 23.8 Å². The van der Waals surface area contributed by atoms with Crippen LogP contribution in [-0.4, -0.2) is 14.1 Å². The van der Waals surface area contributed by atoms with Crippen LogP contribution in [0.25, 0.3) is 0 Å². The molecule has 0 atom stereocenters. The van der Waals surface area contributed by atoms with E-state index < -0.39 is 0 Å². The SMILES string of the molecule is Bc1ccc(N)c(C=O)c1.